The minimum absolute atomic E-state index is 0.224. The maximum Gasteiger partial charge on any atom is 0.0297 e. The summed E-state index contributed by atoms with van der Waals surface area (Å²) in [6, 6.07) is 17.7. The van der Waals surface area contributed by atoms with Crippen LogP contribution in [0.5, 0.6) is 0 Å². The number of benzene rings is 2. The Morgan fingerprint density at radius 1 is 0.947 bits per heavy atom. The van der Waals surface area contributed by atoms with Crippen molar-refractivity contribution in [1.82, 2.24) is 0 Å². The Morgan fingerprint density at radius 2 is 1.74 bits per heavy atom. The Hall–Kier alpha value is -1.60. The van der Waals surface area contributed by atoms with Crippen LogP contribution in [0.3, 0.4) is 0 Å². The molecule has 0 fully saturated rings. The Balaban J connectivity index is 1.91. The van der Waals surface area contributed by atoms with E-state index in [1.54, 1.807) is 0 Å². The minimum atomic E-state index is 0.224. The molecule has 2 aromatic carbocycles. The minimum Gasteiger partial charge on any atom is -0.324 e. The summed E-state index contributed by atoms with van der Waals surface area (Å²) in [7, 11) is 0. The fraction of sp³-hybridized carbons (Fsp3) is 0.333. The first-order valence-corrected chi connectivity index (χ1v) is 7.16. The van der Waals surface area contributed by atoms with Gasteiger partial charge in [-0.15, -0.1) is 0 Å². The summed E-state index contributed by atoms with van der Waals surface area (Å²) in [4.78, 5) is 0. The van der Waals surface area contributed by atoms with E-state index in [1.165, 1.54) is 28.7 Å². The molecule has 98 valence electrons. The Kier molecular flexibility index (Phi) is 3.39. The van der Waals surface area contributed by atoms with Gasteiger partial charge in [-0.05, 0) is 47.4 Å². The standard InChI is InChI=1S/C18H21N/c1-13-7-10-18(19)17-12-15(8-9-16(13)17)11-14-5-3-2-4-6-14/h2-6,8-9,12-13,18H,7,10-11,19H2,1H3/t13?,18-/m1/s1. The van der Waals surface area contributed by atoms with Gasteiger partial charge in [-0.2, -0.15) is 0 Å². The normalized spacial score (nSPS) is 22.0. The third-order valence-corrected chi connectivity index (χ3v) is 4.24. The van der Waals surface area contributed by atoms with Crippen molar-refractivity contribution in [3.8, 4) is 0 Å². The van der Waals surface area contributed by atoms with E-state index in [0.717, 1.165) is 12.8 Å². The fourth-order valence-electron chi connectivity index (χ4n) is 3.08. The van der Waals surface area contributed by atoms with Gasteiger partial charge in [-0.25, -0.2) is 0 Å². The van der Waals surface area contributed by atoms with Gasteiger partial charge in [0.05, 0.1) is 0 Å². The van der Waals surface area contributed by atoms with E-state index >= 15 is 0 Å². The zero-order chi connectivity index (χ0) is 13.2. The van der Waals surface area contributed by atoms with E-state index in [2.05, 4.69) is 55.5 Å². The van der Waals surface area contributed by atoms with Crippen molar-refractivity contribution in [2.24, 2.45) is 5.73 Å². The van der Waals surface area contributed by atoms with Crippen LogP contribution in [-0.2, 0) is 6.42 Å². The van der Waals surface area contributed by atoms with Gasteiger partial charge in [-0.1, -0.05) is 55.5 Å². The van der Waals surface area contributed by atoms with Gasteiger partial charge in [0.15, 0.2) is 0 Å². The van der Waals surface area contributed by atoms with Crippen LogP contribution in [0.4, 0.5) is 0 Å². The Labute approximate surface area is 115 Å². The Morgan fingerprint density at radius 3 is 2.53 bits per heavy atom. The largest absolute Gasteiger partial charge is 0.324 e. The van der Waals surface area contributed by atoms with Crippen molar-refractivity contribution in [3.05, 3.63) is 70.8 Å². The smallest absolute Gasteiger partial charge is 0.0297 e. The first-order valence-electron chi connectivity index (χ1n) is 7.16. The van der Waals surface area contributed by atoms with E-state index in [9.17, 15) is 0 Å². The van der Waals surface area contributed by atoms with E-state index in [4.69, 9.17) is 5.73 Å². The molecule has 0 radical (unpaired) electrons. The van der Waals surface area contributed by atoms with Crippen LogP contribution in [-0.4, -0.2) is 0 Å². The summed E-state index contributed by atoms with van der Waals surface area (Å²) in [6.45, 7) is 2.31. The van der Waals surface area contributed by atoms with E-state index < -0.39 is 0 Å². The monoisotopic (exact) mass is 251 g/mol. The van der Waals surface area contributed by atoms with Crippen LogP contribution in [0.25, 0.3) is 0 Å². The van der Waals surface area contributed by atoms with E-state index in [0.29, 0.717) is 5.92 Å². The van der Waals surface area contributed by atoms with Crippen LogP contribution in [0, 0.1) is 0 Å². The lowest BCUT2D eigenvalue weighted by Gasteiger charge is -2.28. The molecule has 0 spiro atoms. The summed E-state index contributed by atoms with van der Waals surface area (Å²) in [6.07, 6.45) is 3.32. The lowest BCUT2D eigenvalue weighted by molar-refractivity contribution is 0.513. The number of hydrogen-bond acceptors (Lipinski definition) is 1. The number of fused-ring (bicyclic) bond motifs is 1. The summed E-state index contributed by atoms with van der Waals surface area (Å²) in [5.74, 6) is 0.653. The topological polar surface area (TPSA) is 26.0 Å². The molecule has 0 aliphatic heterocycles. The van der Waals surface area contributed by atoms with Gasteiger partial charge in [0.2, 0.25) is 0 Å². The fourth-order valence-corrected chi connectivity index (χ4v) is 3.08. The zero-order valence-electron chi connectivity index (χ0n) is 11.5. The molecule has 0 saturated heterocycles. The van der Waals surface area contributed by atoms with Crippen LogP contribution in [0.15, 0.2) is 48.5 Å². The number of hydrogen-bond donors (Lipinski definition) is 1. The molecule has 2 atom stereocenters. The highest BCUT2D eigenvalue weighted by atomic mass is 14.6. The molecule has 2 aromatic rings. The van der Waals surface area contributed by atoms with Crippen molar-refractivity contribution < 1.29 is 0 Å². The van der Waals surface area contributed by atoms with Crippen molar-refractivity contribution in [2.75, 3.05) is 0 Å². The summed E-state index contributed by atoms with van der Waals surface area (Å²) in [5, 5.41) is 0. The van der Waals surface area contributed by atoms with Gasteiger partial charge in [0.25, 0.3) is 0 Å². The van der Waals surface area contributed by atoms with Crippen LogP contribution >= 0.6 is 0 Å². The maximum atomic E-state index is 6.27. The molecule has 0 amide bonds. The third kappa shape index (κ3) is 2.57. The van der Waals surface area contributed by atoms with Crippen molar-refractivity contribution in [2.45, 2.75) is 38.1 Å². The molecule has 1 unspecified atom stereocenters. The molecule has 3 rings (SSSR count). The maximum absolute atomic E-state index is 6.27. The molecular weight excluding hydrogens is 230 g/mol. The van der Waals surface area contributed by atoms with Crippen LogP contribution in [0.1, 0.15) is 54.0 Å². The highest BCUT2D eigenvalue weighted by molar-refractivity contribution is 5.40. The van der Waals surface area contributed by atoms with E-state index in [1.807, 2.05) is 0 Å². The predicted octanol–water partition coefficient (Wildman–Crippen LogP) is 4.17. The second kappa shape index (κ2) is 5.18. The predicted molar refractivity (Wildman–Crippen MR) is 80.3 cm³/mol. The highest BCUT2D eigenvalue weighted by Gasteiger charge is 2.22. The quantitative estimate of drug-likeness (QED) is 0.851. The van der Waals surface area contributed by atoms with Crippen molar-refractivity contribution in [3.63, 3.8) is 0 Å². The average molecular weight is 251 g/mol. The lowest BCUT2D eigenvalue weighted by Crippen LogP contribution is -2.19. The second-order valence-electron chi connectivity index (χ2n) is 5.71. The zero-order valence-corrected chi connectivity index (χ0v) is 11.5. The summed E-state index contributed by atoms with van der Waals surface area (Å²) >= 11 is 0. The molecule has 19 heavy (non-hydrogen) atoms. The molecule has 0 bridgehead atoms. The molecule has 1 aliphatic carbocycles. The average Bonchev–Trinajstić information content (AvgIpc) is 2.44. The van der Waals surface area contributed by atoms with Gasteiger partial charge in [0.1, 0.15) is 0 Å². The van der Waals surface area contributed by atoms with Gasteiger partial charge in [0, 0.05) is 6.04 Å². The summed E-state index contributed by atoms with van der Waals surface area (Å²) in [5.41, 5.74) is 11.8. The SMILES string of the molecule is CC1CC[C@@H](N)c2cc(Cc3ccccc3)ccc21. The van der Waals surface area contributed by atoms with Gasteiger partial charge in [-0.3, -0.25) is 0 Å². The molecule has 1 aliphatic rings. The van der Waals surface area contributed by atoms with E-state index in [-0.39, 0.29) is 6.04 Å². The van der Waals surface area contributed by atoms with Crippen molar-refractivity contribution in [1.29, 1.82) is 0 Å². The first-order chi connectivity index (χ1) is 9.24. The molecular formula is C18H21N. The third-order valence-electron chi connectivity index (χ3n) is 4.24. The highest BCUT2D eigenvalue weighted by Crippen LogP contribution is 2.36. The van der Waals surface area contributed by atoms with Crippen LogP contribution in [0.2, 0.25) is 0 Å². The van der Waals surface area contributed by atoms with Gasteiger partial charge < -0.3 is 5.73 Å². The van der Waals surface area contributed by atoms with Crippen molar-refractivity contribution >= 4 is 0 Å². The number of nitrogens with two attached hydrogens (primary N) is 1. The first kappa shape index (κ1) is 12.4. The van der Waals surface area contributed by atoms with Gasteiger partial charge >= 0.3 is 0 Å². The molecule has 0 aromatic heterocycles. The lowest BCUT2D eigenvalue weighted by atomic mass is 9.80. The second-order valence-corrected chi connectivity index (χ2v) is 5.71. The molecule has 0 saturated carbocycles. The number of rotatable bonds is 2. The molecule has 1 heteroatoms. The molecule has 0 heterocycles. The summed E-state index contributed by atoms with van der Waals surface area (Å²) < 4.78 is 0. The molecule has 1 nitrogen and oxygen atoms in total. The van der Waals surface area contributed by atoms with Crippen LogP contribution < -0.4 is 5.73 Å². The molecule has 2 N–H and O–H groups in total. The Bertz CT molecular complexity index is 559.